The van der Waals surface area contributed by atoms with Crippen LogP contribution in [-0.2, 0) is 11.3 Å². The fourth-order valence-corrected chi connectivity index (χ4v) is 7.27. The van der Waals surface area contributed by atoms with Gasteiger partial charge in [-0.3, -0.25) is 0 Å². The molecule has 0 spiro atoms. The molecule has 0 atom stereocenters. The Morgan fingerprint density at radius 3 is 0.879 bits per heavy atom. The van der Waals surface area contributed by atoms with Crippen LogP contribution in [0.25, 0.3) is 0 Å². The zero-order chi connectivity index (χ0) is 40.6. The summed E-state index contributed by atoms with van der Waals surface area (Å²) in [6, 6.07) is 33.8. The van der Waals surface area contributed by atoms with Crippen LogP contribution in [0.3, 0.4) is 0 Å². The van der Waals surface area contributed by atoms with Crippen molar-refractivity contribution in [2.75, 3.05) is 28.4 Å². The lowest BCUT2D eigenvalue weighted by Crippen LogP contribution is -2.44. The molecule has 0 unspecified atom stereocenters. The molecule has 12 heteroatoms. The van der Waals surface area contributed by atoms with Crippen LogP contribution >= 0.6 is 0 Å². The Hall–Kier alpha value is -7.08. The van der Waals surface area contributed by atoms with Crippen molar-refractivity contribution in [3.05, 3.63) is 190 Å². The van der Waals surface area contributed by atoms with Crippen molar-refractivity contribution < 1.29 is 36.5 Å². The van der Waals surface area contributed by atoms with Crippen LogP contribution in [0.4, 0.5) is 17.6 Å². The lowest BCUT2D eigenvalue weighted by Gasteiger charge is -2.38. The molecule has 0 N–H and O–H groups in total. The average molecular weight is 783 g/mol. The Labute approximate surface area is 331 Å². The summed E-state index contributed by atoms with van der Waals surface area (Å²) in [5.41, 5.74) is -2.46. The van der Waals surface area contributed by atoms with Gasteiger partial charge in [-0.15, -0.1) is 0 Å². The number of methoxy groups -OCH3 is 4. The molecule has 58 heavy (non-hydrogen) atoms. The van der Waals surface area contributed by atoms with E-state index in [0.717, 1.165) is 12.1 Å². The molecule has 0 saturated carbocycles. The van der Waals surface area contributed by atoms with Gasteiger partial charge in [-0.2, -0.15) is 0 Å². The lowest BCUT2D eigenvalue weighted by atomic mass is 9.81. The summed E-state index contributed by atoms with van der Waals surface area (Å²) < 4.78 is 85.9. The van der Waals surface area contributed by atoms with Crippen LogP contribution in [0, 0.1) is 23.3 Å². The number of hydrogen-bond donors (Lipinski definition) is 0. The fraction of sp³-hybridized carbons (Fsp3) is 0.130. The van der Waals surface area contributed by atoms with E-state index in [1.807, 2.05) is 0 Å². The number of aliphatic imine (C=N–C) groups is 4. The highest BCUT2D eigenvalue weighted by atomic mass is 19.1. The third-order valence-corrected chi connectivity index (χ3v) is 10.0. The fourth-order valence-electron chi connectivity index (χ4n) is 7.27. The summed E-state index contributed by atoms with van der Waals surface area (Å²) in [4.78, 5) is 21.1. The van der Waals surface area contributed by atoms with Crippen LogP contribution in [0.15, 0.2) is 153 Å². The van der Waals surface area contributed by atoms with E-state index in [0.29, 0.717) is 57.4 Å². The maximum absolute atomic E-state index is 16.9. The molecule has 0 radical (unpaired) electrons. The van der Waals surface area contributed by atoms with Crippen molar-refractivity contribution in [3.63, 3.8) is 0 Å². The maximum Gasteiger partial charge on any atom is 0.229 e. The smallest absolute Gasteiger partial charge is 0.229 e. The molecule has 0 saturated heterocycles. The minimum absolute atomic E-state index is 0.223. The van der Waals surface area contributed by atoms with Gasteiger partial charge in [0.1, 0.15) is 46.3 Å². The second-order valence-electron chi connectivity index (χ2n) is 13.4. The Morgan fingerprint density at radius 2 is 0.638 bits per heavy atom. The first-order chi connectivity index (χ1) is 28.1. The zero-order valence-corrected chi connectivity index (χ0v) is 31.6. The van der Waals surface area contributed by atoms with Crippen LogP contribution < -0.4 is 18.9 Å². The number of ether oxygens (including phenoxy) is 4. The molecule has 0 aliphatic carbocycles. The summed E-state index contributed by atoms with van der Waals surface area (Å²) in [7, 11) is 6.05. The highest BCUT2D eigenvalue weighted by Crippen LogP contribution is 2.56. The monoisotopic (exact) mass is 782 g/mol. The normalized spacial score (nSPS) is 15.2. The average Bonchev–Trinajstić information content (AvgIpc) is 3.86. The molecule has 2 aliphatic heterocycles. The number of benzene rings is 6. The van der Waals surface area contributed by atoms with Crippen molar-refractivity contribution in [1.82, 2.24) is 0 Å². The highest BCUT2D eigenvalue weighted by Gasteiger charge is 2.62. The van der Waals surface area contributed by atoms with Gasteiger partial charge in [0.05, 0.1) is 51.3 Å². The van der Waals surface area contributed by atoms with Crippen molar-refractivity contribution in [1.29, 1.82) is 0 Å². The quantitative estimate of drug-likeness (QED) is 0.123. The van der Waals surface area contributed by atoms with Gasteiger partial charge in [0.2, 0.25) is 11.3 Å². The van der Waals surface area contributed by atoms with E-state index in [9.17, 15) is 8.78 Å². The summed E-state index contributed by atoms with van der Waals surface area (Å²) >= 11 is 0. The molecule has 0 bridgehead atoms. The van der Waals surface area contributed by atoms with Crippen molar-refractivity contribution >= 4 is 22.8 Å². The maximum atomic E-state index is 16.9. The third kappa shape index (κ3) is 6.46. The molecule has 2 aliphatic rings. The lowest BCUT2D eigenvalue weighted by molar-refractivity contribution is 0.241. The molecule has 0 aromatic heterocycles. The molecule has 290 valence electrons. The Bertz CT molecular complexity index is 2400. The SMILES string of the molecule is COc1cccc(C2=NC(c3ccc(F)cc3F)(C3(c4ccc(F)cc4F)N=C(c4cccc(OC)c4)C(c4cccc(OC)c4)=N3)N=C2c2cccc(OC)c2)c1. The van der Waals surface area contributed by atoms with E-state index in [1.165, 1.54) is 40.6 Å². The first-order valence-corrected chi connectivity index (χ1v) is 18.0. The van der Waals surface area contributed by atoms with Gasteiger partial charge >= 0.3 is 0 Å². The first-order valence-electron chi connectivity index (χ1n) is 18.0. The predicted molar refractivity (Wildman–Crippen MR) is 214 cm³/mol. The van der Waals surface area contributed by atoms with Crippen LogP contribution in [-0.4, -0.2) is 51.3 Å². The van der Waals surface area contributed by atoms with Gasteiger partial charge in [-0.1, -0.05) is 48.5 Å². The molecule has 8 rings (SSSR count). The third-order valence-electron chi connectivity index (χ3n) is 10.0. The molecule has 0 fully saturated rings. The standard InChI is InChI=1S/C46H34F4N4O4/c1-55-33-13-5-9-27(21-33)41-42(28-10-6-14-34(22-28)56-2)52-45(51-41,37-19-17-31(47)25-39(37)49)46(38-20-18-32(48)26-40(38)50)53-43(29-11-7-15-35(23-29)57-3)44(54-46)30-12-8-16-36(24-30)58-4/h5-26H,1-4H3. The van der Waals surface area contributed by atoms with E-state index in [1.54, 1.807) is 97.1 Å². The number of rotatable bonds is 11. The Balaban J connectivity index is 1.58. The van der Waals surface area contributed by atoms with Crippen molar-refractivity contribution in [2.24, 2.45) is 20.0 Å². The van der Waals surface area contributed by atoms with Gasteiger partial charge in [0, 0.05) is 45.5 Å². The molecule has 0 amide bonds. The Kier molecular flexibility index (Phi) is 9.85. The second-order valence-corrected chi connectivity index (χ2v) is 13.4. The molecule has 2 heterocycles. The van der Waals surface area contributed by atoms with Crippen LogP contribution in [0.2, 0.25) is 0 Å². The number of hydrogen-bond acceptors (Lipinski definition) is 8. The van der Waals surface area contributed by atoms with Gasteiger partial charge < -0.3 is 18.9 Å². The van der Waals surface area contributed by atoms with Crippen LogP contribution in [0.5, 0.6) is 23.0 Å². The predicted octanol–water partition coefficient (Wildman–Crippen LogP) is 9.27. The van der Waals surface area contributed by atoms with E-state index in [-0.39, 0.29) is 34.0 Å². The Morgan fingerprint density at radius 1 is 0.362 bits per heavy atom. The zero-order valence-electron chi connectivity index (χ0n) is 31.6. The minimum atomic E-state index is -2.37. The topological polar surface area (TPSA) is 86.4 Å². The van der Waals surface area contributed by atoms with E-state index < -0.39 is 34.6 Å². The first kappa shape index (κ1) is 37.8. The van der Waals surface area contributed by atoms with Gasteiger partial charge in [0.15, 0.2) is 0 Å². The summed E-state index contributed by atoms with van der Waals surface area (Å²) in [6.07, 6.45) is 0. The molecule has 6 aromatic carbocycles. The molecule has 8 nitrogen and oxygen atoms in total. The van der Waals surface area contributed by atoms with Crippen LogP contribution in [0.1, 0.15) is 33.4 Å². The second kappa shape index (κ2) is 15.1. The van der Waals surface area contributed by atoms with Crippen molar-refractivity contribution in [2.45, 2.75) is 11.3 Å². The van der Waals surface area contributed by atoms with E-state index in [2.05, 4.69) is 0 Å². The summed E-state index contributed by atoms with van der Waals surface area (Å²) in [6.45, 7) is 0. The molecular weight excluding hydrogens is 749 g/mol. The summed E-state index contributed by atoms with van der Waals surface area (Å²) in [5.74, 6) is -1.96. The van der Waals surface area contributed by atoms with E-state index in [4.69, 9.17) is 38.9 Å². The molecule has 6 aromatic rings. The highest BCUT2D eigenvalue weighted by molar-refractivity contribution is 6.56. The summed E-state index contributed by atoms with van der Waals surface area (Å²) in [5, 5.41) is 0. The van der Waals surface area contributed by atoms with Gasteiger partial charge in [-0.05, 0) is 72.8 Å². The van der Waals surface area contributed by atoms with E-state index >= 15 is 8.78 Å². The number of halogens is 4. The molecular formula is C46H34F4N4O4. The van der Waals surface area contributed by atoms with Crippen molar-refractivity contribution in [3.8, 4) is 23.0 Å². The number of nitrogens with zero attached hydrogens (tertiary/aromatic N) is 4. The minimum Gasteiger partial charge on any atom is -0.497 e. The van der Waals surface area contributed by atoms with Gasteiger partial charge in [-0.25, -0.2) is 37.5 Å². The van der Waals surface area contributed by atoms with Gasteiger partial charge in [0.25, 0.3) is 0 Å². The largest absolute Gasteiger partial charge is 0.497 e.